The summed E-state index contributed by atoms with van der Waals surface area (Å²) in [7, 11) is 2.08. The van der Waals surface area contributed by atoms with E-state index in [2.05, 4.69) is 90.0 Å². The van der Waals surface area contributed by atoms with Gasteiger partial charge >= 0.3 is 0 Å². The van der Waals surface area contributed by atoms with Crippen LogP contribution >= 0.6 is 12.6 Å². The van der Waals surface area contributed by atoms with Crippen molar-refractivity contribution in [2.24, 2.45) is 16.8 Å². The van der Waals surface area contributed by atoms with Gasteiger partial charge in [0.2, 0.25) is 0 Å². The van der Waals surface area contributed by atoms with Gasteiger partial charge in [0.05, 0.1) is 0 Å². The fraction of sp³-hybridized carbons (Fsp3) is 0.406. The van der Waals surface area contributed by atoms with E-state index in [0.29, 0.717) is 11.3 Å². The highest BCUT2D eigenvalue weighted by Gasteiger charge is 2.54. The third-order valence-corrected chi connectivity index (χ3v) is 8.44. The number of hydrogen-bond donors (Lipinski definition) is 3. The molecule has 6 heteroatoms. The maximum absolute atomic E-state index is 5.85. The minimum absolute atomic E-state index is 0.0329. The number of benzene rings is 3. The van der Waals surface area contributed by atoms with E-state index in [1.54, 1.807) is 0 Å². The lowest BCUT2D eigenvalue weighted by Gasteiger charge is -2.33. The molecular weight excluding hydrogens is 488 g/mol. The highest BCUT2D eigenvalue weighted by molar-refractivity contribution is 7.80. The molecule has 2 N–H and O–H groups in total. The minimum Gasteiger partial charge on any atom is -0.319 e. The monoisotopic (exact) mass is 528 g/mol. The predicted molar refractivity (Wildman–Crippen MR) is 159 cm³/mol. The van der Waals surface area contributed by atoms with Crippen molar-refractivity contribution in [1.29, 1.82) is 0 Å². The van der Waals surface area contributed by atoms with Crippen molar-refractivity contribution in [1.82, 2.24) is 15.7 Å². The summed E-state index contributed by atoms with van der Waals surface area (Å²) in [4.78, 5) is 14.4. The Labute approximate surface area is 233 Å². The Kier molecular flexibility index (Phi) is 9.18. The molecule has 2 heterocycles. The molecule has 0 amide bonds. The molecule has 3 atom stereocenters. The van der Waals surface area contributed by atoms with Gasteiger partial charge in [0.25, 0.3) is 0 Å². The molecule has 0 aromatic heterocycles. The van der Waals surface area contributed by atoms with Gasteiger partial charge < -0.3 is 10.2 Å². The Morgan fingerprint density at radius 3 is 2.18 bits per heavy atom. The van der Waals surface area contributed by atoms with Crippen LogP contribution in [-0.2, 0) is 16.7 Å². The number of nitrogens with zero attached hydrogens (tertiary/aromatic N) is 2. The number of rotatable bonds is 8. The van der Waals surface area contributed by atoms with Gasteiger partial charge in [-0.05, 0) is 68.6 Å². The first-order chi connectivity index (χ1) is 18.7. The summed E-state index contributed by atoms with van der Waals surface area (Å²) in [6, 6.07) is 31.3. The molecule has 0 radical (unpaired) electrons. The molecule has 1 saturated heterocycles. The summed E-state index contributed by atoms with van der Waals surface area (Å²) >= 11 is 4.08. The molecule has 0 bridgehead atoms. The number of hydroxylamine groups is 1. The number of likely N-dealkylation sites (tertiary alicyclic amines) is 1. The smallest absolute Gasteiger partial charge is 0.179 e. The van der Waals surface area contributed by atoms with Gasteiger partial charge in [-0.25, -0.2) is 9.83 Å². The van der Waals surface area contributed by atoms with Crippen molar-refractivity contribution in [3.8, 4) is 0 Å². The average molecular weight is 529 g/mol. The lowest BCUT2D eigenvalue weighted by molar-refractivity contribution is -0.0186. The summed E-state index contributed by atoms with van der Waals surface area (Å²) in [5.74, 6) is 2.21. The topological polar surface area (TPSA) is 48.9 Å². The molecular formula is C32H40N4OS. The van der Waals surface area contributed by atoms with Gasteiger partial charge in [-0.3, -0.25) is 5.48 Å². The Bertz CT molecular complexity index is 1150. The molecule has 5 nitrogen and oxygen atoms in total. The molecule has 38 heavy (non-hydrogen) atoms. The molecule has 1 saturated carbocycles. The van der Waals surface area contributed by atoms with E-state index in [1.807, 2.05) is 36.4 Å². The van der Waals surface area contributed by atoms with Gasteiger partial charge in [0.15, 0.2) is 6.23 Å². The third kappa shape index (κ3) is 6.86. The van der Waals surface area contributed by atoms with Gasteiger partial charge in [0, 0.05) is 35.7 Å². The highest BCUT2D eigenvalue weighted by atomic mass is 32.1. The van der Waals surface area contributed by atoms with Crippen LogP contribution in [0.5, 0.6) is 0 Å². The summed E-state index contributed by atoms with van der Waals surface area (Å²) in [5, 5.41) is 3.45. The van der Waals surface area contributed by atoms with Crippen molar-refractivity contribution in [3.05, 3.63) is 102 Å². The van der Waals surface area contributed by atoms with Crippen LogP contribution in [0, 0.1) is 11.8 Å². The molecule has 2 fully saturated rings. The zero-order chi connectivity index (χ0) is 26.2. The predicted octanol–water partition coefficient (Wildman–Crippen LogP) is 5.35. The van der Waals surface area contributed by atoms with E-state index in [0.717, 1.165) is 55.5 Å². The normalized spacial score (nSPS) is 25.2. The Morgan fingerprint density at radius 1 is 0.947 bits per heavy atom. The Morgan fingerprint density at radius 2 is 1.58 bits per heavy atom. The molecule has 0 spiro atoms. The van der Waals surface area contributed by atoms with Crippen molar-refractivity contribution in [3.63, 3.8) is 0 Å². The number of thiol groups is 1. The third-order valence-electron chi connectivity index (χ3n) is 8.14. The second kappa shape index (κ2) is 12.9. The maximum Gasteiger partial charge on any atom is 0.179 e. The summed E-state index contributed by atoms with van der Waals surface area (Å²) in [6.07, 6.45) is 4.39. The Hall–Kier alpha value is -2.64. The lowest BCUT2D eigenvalue weighted by atomic mass is 9.91. The molecule has 6 rings (SSSR count). The van der Waals surface area contributed by atoms with E-state index in [9.17, 15) is 0 Å². The number of likely N-dealkylation sites (N-methyl/N-ethyl adjacent to an activating group) is 1. The molecule has 3 aliphatic rings. The van der Waals surface area contributed by atoms with Crippen LogP contribution in [-0.4, -0.2) is 50.2 Å². The van der Waals surface area contributed by atoms with E-state index < -0.39 is 0 Å². The van der Waals surface area contributed by atoms with Crippen molar-refractivity contribution in [2.75, 3.05) is 33.2 Å². The first-order valence-corrected chi connectivity index (χ1v) is 14.3. The maximum atomic E-state index is 5.85. The average Bonchev–Trinajstić information content (AvgIpc) is 3.44. The van der Waals surface area contributed by atoms with Gasteiger partial charge in [-0.15, -0.1) is 12.6 Å². The molecule has 3 aromatic rings. The zero-order valence-corrected chi connectivity index (χ0v) is 23.2. The van der Waals surface area contributed by atoms with Gasteiger partial charge in [-0.1, -0.05) is 78.9 Å². The van der Waals surface area contributed by atoms with Crippen LogP contribution in [0.3, 0.4) is 0 Å². The summed E-state index contributed by atoms with van der Waals surface area (Å²) < 4.78 is 0. The summed E-state index contributed by atoms with van der Waals surface area (Å²) in [5.41, 5.74) is 6.16. The van der Waals surface area contributed by atoms with Crippen LogP contribution in [0.1, 0.15) is 30.4 Å². The van der Waals surface area contributed by atoms with Gasteiger partial charge in [-0.2, -0.15) is 0 Å². The van der Waals surface area contributed by atoms with Crippen LogP contribution in [0.4, 0.5) is 0 Å². The number of aliphatic imine (C=N–C) groups is 1. The number of piperidine rings is 1. The van der Waals surface area contributed by atoms with Crippen molar-refractivity contribution in [2.45, 2.75) is 42.2 Å². The SMILES string of the molecule is CNCC1(c2ccccc2)CC1CN1CCC(C2N=C(Cc3ccccc3)NO2)CC1.Sc1ccccc1. The fourth-order valence-corrected chi connectivity index (χ4v) is 6.12. The number of amidine groups is 1. The molecule has 3 unspecified atom stereocenters. The first kappa shape index (κ1) is 26.9. The van der Waals surface area contributed by atoms with E-state index >= 15 is 0 Å². The van der Waals surface area contributed by atoms with Crippen LogP contribution < -0.4 is 10.8 Å². The molecule has 3 aromatic carbocycles. The van der Waals surface area contributed by atoms with E-state index in [4.69, 9.17) is 9.83 Å². The lowest BCUT2D eigenvalue weighted by Crippen LogP contribution is -2.40. The standard InChI is InChI=1S/C26H34N4O.C6H6S/c1-27-19-26(22-10-6-3-7-11-22)17-23(26)18-30-14-12-21(13-15-30)25-28-24(29-31-25)16-20-8-4-2-5-9-20;7-6-4-2-1-3-5-6/h2-11,21,23,25,27H,12-19H2,1H3,(H,28,29);1-5,7H. The number of nitrogens with one attached hydrogen (secondary N) is 2. The highest BCUT2D eigenvalue weighted by Crippen LogP contribution is 2.54. The first-order valence-electron chi connectivity index (χ1n) is 13.8. The summed E-state index contributed by atoms with van der Waals surface area (Å²) in [6.45, 7) is 4.57. The quantitative estimate of drug-likeness (QED) is 0.345. The van der Waals surface area contributed by atoms with Gasteiger partial charge in [0.1, 0.15) is 5.84 Å². The van der Waals surface area contributed by atoms with Crippen LogP contribution in [0.2, 0.25) is 0 Å². The zero-order valence-electron chi connectivity index (χ0n) is 22.3. The van der Waals surface area contributed by atoms with E-state index in [1.165, 1.54) is 24.1 Å². The van der Waals surface area contributed by atoms with E-state index in [-0.39, 0.29) is 6.23 Å². The van der Waals surface area contributed by atoms with Crippen LogP contribution in [0.25, 0.3) is 0 Å². The van der Waals surface area contributed by atoms with Crippen molar-refractivity contribution < 1.29 is 4.84 Å². The minimum atomic E-state index is -0.0329. The number of hydrogen-bond acceptors (Lipinski definition) is 6. The second-order valence-electron chi connectivity index (χ2n) is 10.8. The molecule has 2 aliphatic heterocycles. The second-order valence-corrected chi connectivity index (χ2v) is 11.3. The van der Waals surface area contributed by atoms with Crippen molar-refractivity contribution >= 4 is 18.5 Å². The van der Waals surface area contributed by atoms with Crippen LogP contribution in [0.15, 0.2) is 101 Å². The molecule has 1 aliphatic carbocycles. The Balaban J connectivity index is 0.000000366. The molecule has 200 valence electrons. The largest absolute Gasteiger partial charge is 0.319 e. The fourth-order valence-electron chi connectivity index (χ4n) is 5.95.